The second-order valence-corrected chi connectivity index (χ2v) is 4.64. The Morgan fingerprint density at radius 3 is 2.93 bits per heavy atom. The van der Waals surface area contributed by atoms with Crippen LogP contribution in [0.25, 0.3) is 0 Å². The van der Waals surface area contributed by atoms with Crippen molar-refractivity contribution < 1.29 is 18.9 Å². The van der Waals surface area contributed by atoms with Gasteiger partial charge in [-0.15, -0.1) is 0 Å². The number of carboxylic acids is 1. The average Bonchev–Trinajstić information content (AvgIpc) is 2.15. The summed E-state index contributed by atoms with van der Waals surface area (Å²) in [4.78, 5) is 22.9. The van der Waals surface area contributed by atoms with Gasteiger partial charge in [0.1, 0.15) is 17.1 Å². The second-order valence-electron chi connectivity index (χ2n) is 3.07. The molecule has 0 saturated carbocycles. The number of amides is 1. The predicted octanol–water partition coefficient (Wildman–Crippen LogP) is -1.79. The summed E-state index contributed by atoms with van der Waals surface area (Å²) in [7, 11) is -1.28. The van der Waals surface area contributed by atoms with Crippen LogP contribution in [0.2, 0.25) is 0 Å². The molecule has 0 spiro atoms. The van der Waals surface area contributed by atoms with Crippen molar-refractivity contribution in [1.29, 1.82) is 0 Å². The standard InChI is InChI=1S/C7H8N2O4S/c8-4-5(10)9-3(7(11)12)1-2-14(13)6(4)9/h1,4,6H,2,8H2,(H,11,12)/t4-,6?,14?/m1/s1. The summed E-state index contributed by atoms with van der Waals surface area (Å²) in [6.07, 6.45) is 1.29. The van der Waals surface area contributed by atoms with E-state index in [1.807, 2.05) is 0 Å². The highest BCUT2D eigenvalue weighted by Crippen LogP contribution is 2.30. The van der Waals surface area contributed by atoms with E-state index in [2.05, 4.69) is 0 Å². The van der Waals surface area contributed by atoms with Crippen molar-refractivity contribution in [3.05, 3.63) is 11.8 Å². The van der Waals surface area contributed by atoms with Crippen molar-refractivity contribution >= 4 is 22.7 Å². The number of hydrogen-bond donors (Lipinski definition) is 2. The maximum atomic E-state index is 11.4. The second kappa shape index (κ2) is 2.89. The molecule has 2 aliphatic heterocycles. The number of aliphatic carboxylic acids is 1. The van der Waals surface area contributed by atoms with Gasteiger partial charge in [-0.05, 0) is 6.08 Å². The highest BCUT2D eigenvalue weighted by atomic mass is 32.2. The normalized spacial score (nSPS) is 35.8. The first-order chi connectivity index (χ1) is 6.54. The molecule has 6 nitrogen and oxygen atoms in total. The third kappa shape index (κ3) is 1.02. The molecule has 0 radical (unpaired) electrons. The van der Waals surface area contributed by atoms with Crippen LogP contribution in [0.4, 0.5) is 0 Å². The molecule has 3 atom stereocenters. The molecule has 0 aromatic carbocycles. The Morgan fingerprint density at radius 1 is 1.71 bits per heavy atom. The van der Waals surface area contributed by atoms with Crippen LogP contribution in [0.15, 0.2) is 11.8 Å². The molecule has 0 aliphatic carbocycles. The van der Waals surface area contributed by atoms with Gasteiger partial charge in [-0.2, -0.15) is 0 Å². The molecule has 1 saturated heterocycles. The van der Waals surface area contributed by atoms with E-state index in [-0.39, 0.29) is 11.4 Å². The molecule has 2 heterocycles. The zero-order chi connectivity index (χ0) is 10.5. The molecule has 2 aliphatic rings. The number of β-lactam (4-membered cyclic amide) rings is 1. The summed E-state index contributed by atoms with van der Waals surface area (Å²) in [5.41, 5.74) is 5.32. The number of hydrogen-bond acceptors (Lipinski definition) is 4. The lowest BCUT2D eigenvalue weighted by Gasteiger charge is -2.46. The third-order valence-corrected chi connectivity index (χ3v) is 3.81. The van der Waals surface area contributed by atoms with Crippen LogP contribution in [0.5, 0.6) is 0 Å². The fraction of sp³-hybridized carbons (Fsp3) is 0.429. The SMILES string of the molecule is N[C@@H]1C(=O)N2C(C(=O)O)=CCS(=O)C12. The number of nitrogens with zero attached hydrogens (tertiary/aromatic N) is 1. The lowest BCUT2D eigenvalue weighted by molar-refractivity contribution is -0.148. The summed E-state index contributed by atoms with van der Waals surface area (Å²) in [6.45, 7) is 0. The van der Waals surface area contributed by atoms with Gasteiger partial charge in [-0.1, -0.05) is 0 Å². The molecule has 2 unspecified atom stereocenters. The summed E-state index contributed by atoms with van der Waals surface area (Å²) in [5.74, 6) is -1.52. The van der Waals surface area contributed by atoms with Crippen molar-refractivity contribution in [2.75, 3.05) is 5.75 Å². The molecule has 1 amide bonds. The first-order valence-corrected chi connectivity index (χ1v) is 5.31. The Morgan fingerprint density at radius 2 is 2.36 bits per heavy atom. The summed E-state index contributed by atoms with van der Waals surface area (Å²) < 4.78 is 11.4. The van der Waals surface area contributed by atoms with Gasteiger partial charge in [0.15, 0.2) is 0 Å². The third-order valence-electron chi connectivity index (χ3n) is 2.27. The van der Waals surface area contributed by atoms with E-state index in [0.717, 1.165) is 4.90 Å². The van der Waals surface area contributed by atoms with Crippen LogP contribution in [-0.2, 0) is 20.4 Å². The van der Waals surface area contributed by atoms with Gasteiger partial charge < -0.3 is 10.8 Å². The number of carbonyl (C=O) groups is 2. The van der Waals surface area contributed by atoms with Crippen LogP contribution in [-0.4, -0.2) is 43.3 Å². The minimum atomic E-state index is -1.28. The van der Waals surface area contributed by atoms with E-state index in [4.69, 9.17) is 10.8 Å². The average molecular weight is 216 g/mol. The number of nitrogens with two attached hydrogens (primary N) is 1. The Bertz CT molecular complexity index is 378. The highest BCUT2D eigenvalue weighted by molar-refractivity contribution is 7.86. The van der Waals surface area contributed by atoms with Crippen molar-refractivity contribution in [2.45, 2.75) is 11.4 Å². The van der Waals surface area contributed by atoms with Gasteiger partial charge >= 0.3 is 5.97 Å². The first-order valence-electron chi connectivity index (χ1n) is 3.93. The Hall–Kier alpha value is -1.21. The maximum Gasteiger partial charge on any atom is 0.352 e. The van der Waals surface area contributed by atoms with Gasteiger partial charge in [0.2, 0.25) is 5.91 Å². The molecule has 0 aromatic rings. The van der Waals surface area contributed by atoms with E-state index in [1.54, 1.807) is 0 Å². The van der Waals surface area contributed by atoms with Crippen molar-refractivity contribution in [1.82, 2.24) is 4.90 Å². The number of carbonyl (C=O) groups excluding carboxylic acids is 1. The summed E-state index contributed by atoms with van der Waals surface area (Å²) in [6, 6.07) is -0.820. The summed E-state index contributed by atoms with van der Waals surface area (Å²) in [5, 5.41) is 8.09. The molecular formula is C7H8N2O4S. The van der Waals surface area contributed by atoms with Crippen LogP contribution in [0.3, 0.4) is 0 Å². The minimum absolute atomic E-state index is 0.110. The van der Waals surface area contributed by atoms with Crippen LogP contribution < -0.4 is 5.73 Å². The Kier molecular flexibility index (Phi) is 1.93. The van der Waals surface area contributed by atoms with Gasteiger partial charge in [0.25, 0.3) is 0 Å². The minimum Gasteiger partial charge on any atom is -0.477 e. The van der Waals surface area contributed by atoms with Gasteiger partial charge in [0.05, 0.1) is 10.8 Å². The zero-order valence-electron chi connectivity index (χ0n) is 7.04. The van der Waals surface area contributed by atoms with Crippen LogP contribution in [0, 0.1) is 0 Å². The van der Waals surface area contributed by atoms with E-state index < -0.39 is 34.1 Å². The van der Waals surface area contributed by atoms with Crippen LogP contribution in [0.1, 0.15) is 0 Å². The van der Waals surface area contributed by atoms with Gasteiger partial charge in [-0.25, -0.2) is 4.79 Å². The van der Waals surface area contributed by atoms with E-state index in [9.17, 15) is 13.8 Å². The summed E-state index contributed by atoms with van der Waals surface area (Å²) >= 11 is 0. The maximum absolute atomic E-state index is 11.4. The fourth-order valence-electron chi connectivity index (χ4n) is 1.57. The molecule has 14 heavy (non-hydrogen) atoms. The monoisotopic (exact) mass is 216 g/mol. The van der Waals surface area contributed by atoms with Gasteiger partial charge in [0, 0.05) is 5.75 Å². The Labute approximate surface area is 81.8 Å². The van der Waals surface area contributed by atoms with Crippen LogP contribution >= 0.6 is 0 Å². The molecule has 0 aromatic heterocycles. The molecule has 1 fully saturated rings. The first kappa shape index (κ1) is 9.35. The molecule has 76 valence electrons. The van der Waals surface area contributed by atoms with Crippen molar-refractivity contribution in [3.8, 4) is 0 Å². The smallest absolute Gasteiger partial charge is 0.352 e. The quantitative estimate of drug-likeness (QED) is 0.504. The van der Waals surface area contributed by atoms with E-state index >= 15 is 0 Å². The molecular weight excluding hydrogens is 208 g/mol. The van der Waals surface area contributed by atoms with Crippen molar-refractivity contribution in [2.24, 2.45) is 5.73 Å². The lowest BCUT2D eigenvalue weighted by atomic mass is 10.1. The number of fused-ring (bicyclic) bond motifs is 1. The largest absolute Gasteiger partial charge is 0.477 e. The zero-order valence-corrected chi connectivity index (χ0v) is 7.86. The topological polar surface area (TPSA) is 101 Å². The number of rotatable bonds is 1. The molecule has 2 rings (SSSR count). The predicted molar refractivity (Wildman–Crippen MR) is 47.3 cm³/mol. The molecule has 7 heteroatoms. The fourth-order valence-corrected chi connectivity index (χ4v) is 2.99. The highest BCUT2D eigenvalue weighted by Gasteiger charge is 2.53. The van der Waals surface area contributed by atoms with E-state index in [0.29, 0.717) is 0 Å². The Balaban J connectivity index is 2.37. The van der Waals surface area contributed by atoms with Crippen molar-refractivity contribution in [3.63, 3.8) is 0 Å². The number of carboxylic acid groups (broad SMARTS) is 1. The molecule has 0 bridgehead atoms. The lowest BCUT2D eigenvalue weighted by Crippen LogP contribution is -2.71. The molecule has 3 N–H and O–H groups in total. The van der Waals surface area contributed by atoms with Gasteiger partial charge in [-0.3, -0.25) is 13.9 Å². The van der Waals surface area contributed by atoms with E-state index in [1.165, 1.54) is 6.08 Å².